The number of likely N-dealkylation sites (tertiary alicyclic amines) is 1. The van der Waals surface area contributed by atoms with Crippen molar-refractivity contribution in [2.24, 2.45) is 10.3 Å². The Morgan fingerprint density at radius 3 is 2.75 bits per heavy atom. The summed E-state index contributed by atoms with van der Waals surface area (Å²) in [5.41, 5.74) is 0.638. The van der Waals surface area contributed by atoms with Crippen LogP contribution in [0, 0.1) is 5.92 Å². The van der Waals surface area contributed by atoms with Gasteiger partial charge in [0, 0.05) is 25.3 Å². The average Bonchev–Trinajstić information content (AvgIpc) is 2.59. The summed E-state index contributed by atoms with van der Waals surface area (Å²) in [6.07, 6.45) is 12.3. The predicted octanol–water partition coefficient (Wildman–Crippen LogP) is 1.67. The number of carbonyl (C=O) groups is 1. The number of rotatable bonds is 1. The fraction of sp³-hybridized carbons (Fsp3) is 0.647. The second-order valence-corrected chi connectivity index (χ2v) is 8.85. The van der Waals surface area contributed by atoms with Crippen molar-refractivity contribution in [1.82, 2.24) is 9.80 Å². The van der Waals surface area contributed by atoms with E-state index in [1.165, 1.54) is 25.7 Å². The van der Waals surface area contributed by atoms with Gasteiger partial charge >= 0.3 is 0 Å². The minimum Gasteiger partial charge on any atom is -0.335 e. The first-order valence-corrected chi connectivity index (χ1v) is 10.4. The Morgan fingerprint density at radius 2 is 1.88 bits per heavy atom. The predicted molar refractivity (Wildman–Crippen MR) is 91.8 cm³/mol. The van der Waals surface area contributed by atoms with Gasteiger partial charge in [0.1, 0.15) is 5.84 Å². The van der Waals surface area contributed by atoms with Gasteiger partial charge in [-0.15, -0.1) is 4.40 Å². The molecule has 0 N–H and O–H groups in total. The maximum absolute atomic E-state index is 13.0. The van der Waals surface area contributed by atoms with E-state index in [0.717, 1.165) is 19.4 Å². The zero-order valence-corrected chi connectivity index (χ0v) is 14.5. The van der Waals surface area contributed by atoms with Crippen LogP contribution in [-0.4, -0.2) is 54.8 Å². The number of nitrogens with zero attached hydrogens (tertiary/aromatic N) is 3. The molecular weight excluding hydrogens is 326 g/mol. The maximum Gasteiger partial charge on any atom is 0.256 e. The molecule has 0 spiro atoms. The fourth-order valence-corrected chi connectivity index (χ4v) is 5.34. The first kappa shape index (κ1) is 15.9. The molecule has 24 heavy (non-hydrogen) atoms. The third-order valence-corrected chi connectivity index (χ3v) is 6.74. The zero-order valence-electron chi connectivity index (χ0n) is 13.7. The van der Waals surface area contributed by atoms with Gasteiger partial charge in [0.25, 0.3) is 15.9 Å². The molecule has 1 aliphatic carbocycles. The van der Waals surface area contributed by atoms with Gasteiger partial charge in [0.05, 0.1) is 11.3 Å². The Hall–Kier alpha value is -1.63. The molecule has 3 heterocycles. The molecule has 0 bridgehead atoms. The largest absolute Gasteiger partial charge is 0.335 e. The molecule has 6 nitrogen and oxygen atoms in total. The van der Waals surface area contributed by atoms with Crippen LogP contribution in [-0.2, 0) is 14.8 Å². The number of carbonyl (C=O) groups excluding carboxylic acids is 1. The van der Waals surface area contributed by atoms with Crippen molar-refractivity contribution in [3.63, 3.8) is 0 Å². The molecular formula is C17H23N3O3S. The van der Waals surface area contributed by atoms with Crippen molar-refractivity contribution < 1.29 is 13.2 Å². The van der Waals surface area contributed by atoms with Gasteiger partial charge in [-0.05, 0) is 43.8 Å². The lowest BCUT2D eigenvalue weighted by Gasteiger charge is -2.44. The fourth-order valence-electron chi connectivity index (χ4n) is 4.37. The minimum atomic E-state index is -3.36. The van der Waals surface area contributed by atoms with Crippen molar-refractivity contribution in [2.75, 3.05) is 18.8 Å². The summed E-state index contributed by atoms with van der Waals surface area (Å²) in [7, 11) is -3.36. The molecule has 4 aliphatic rings. The van der Waals surface area contributed by atoms with E-state index in [4.69, 9.17) is 0 Å². The number of hydrogen-bond donors (Lipinski definition) is 0. The first-order chi connectivity index (χ1) is 11.5. The summed E-state index contributed by atoms with van der Waals surface area (Å²) in [4.78, 5) is 16.9. The highest BCUT2D eigenvalue weighted by atomic mass is 32.2. The number of sulfonamides is 1. The standard InChI is InChI=1S/C17H23N3O3S/c21-17(20-9-3-5-13-4-1-2-6-15(13)20)14-7-8-16-18-24(22,23)11-10-19(16)12-14/h7-8,12-13,15H,1-6,9-11H2/t13-,15-/m1/s1. The van der Waals surface area contributed by atoms with Gasteiger partial charge in [0.2, 0.25) is 0 Å². The van der Waals surface area contributed by atoms with Crippen LogP contribution in [0.15, 0.2) is 28.3 Å². The highest BCUT2D eigenvalue weighted by molar-refractivity contribution is 7.90. The summed E-state index contributed by atoms with van der Waals surface area (Å²) < 4.78 is 26.9. The number of piperidine rings is 1. The van der Waals surface area contributed by atoms with Gasteiger partial charge in [-0.1, -0.05) is 12.8 Å². The molecule has 3 aliphatic heterocycles. The molecule has 0 aromatic rings. The maximum atomic E-state index is 13.0. The second-order valence-electron chi connectivity index (χ2n) is 7.10. The topological polar surface area (TPSA) is 70.0 Å². The molecule has 1 amide bonds. The van der Waals surface area contributed by atoms with Gasteiger partial charge in [-0.2, -0.15) is 0 Å². The SMILES string of the molecule is O=C(C1=CN2CCS(=O)(=O)N=C2C=C1)N1CCC[C@H]2CCCC[C@H]21. The van der Waals surface area contributed by atoms with Crippen molar-refractivity contribution >= 4 is 21.8 Å². The molecule has 2 atom stereocenters. The summed E-state index contributed by atoms with van der Waals surface area (Å²) in [5, 5.41) is 0. The van der Waals surface area contributed by atoms with E-state index < -0.39 is 10.0 Å². The molecule has 1 saturated heterocycles. The third kappa shape index (κ3) is 2.90. The lowest BCUT2D eigenvalue weighted by molar-refractivity contribution is -0.133. The number of amidine groups is 1. The number of hydrogen-bond acceptors (Lipinski definition) is 4. The normalized spacial score (nSPS) is 31.7. The van der Waals surface area contributed by atoms with E-state index in [2.05, 4.69) is 9.30 Å². The number of amides is 1. The van der Waals surface area contributed by atoms with Gasteiger partial charge in [0.15, 0.2) is 0 Å². The van der Waals surface area contributed by atoms with E-state index in [1.54, 1.807) is 23.3 Å². The Balaban J connectivity index is 1.55. The minimum absolute atomic E-state index is 0.00325. The Morgan fingerprint density at radius 1 is 1.08 bits per heavy atom. The lowest BCUT2D eigenvalue weighted by atomic mass is 9.78. The van der Waals surface area contributed by atoms with Gasteiger partial charge in [-0.3, -0.25) is 4.79 Å². The smallest absolute Gasteiger partial charge is 0.256 e. The summed E-state index contributed by atoms with van der Waals surface area (Å²) in [5.74, 6) is 1.14. The van der Waals surface area contributed by atoms with E-state index in [-0.39, 0.29) is 11.7 Å². The van der Waals surface area contributed by atoms with Crippen LogP contribution in [0.4, 0.5) is 0 Å². The van der Waals surface area contributed by atoms with Crippen molar-refractivity contribution in [3.8, 4) is 0 Å². The van der Waals surface area contributed by atoms with E-state index in [0.29, 0.717) is 29.9 Å². The molecule has 4 rings (SSSR count). The molecule has 7 heteroatoms. The van der Waals surface area contributed by atoms with Gasteiger partial charge < -0.3 is 9.80 Å². The second kappa shape index (κ2) is 6.02. The van der Waals surface area contributed by atoms with E-state index >= 15 is 0 Å². The van der Waals surface area contributed by atoms with Crippen molar-refractivity contribution in [1.29, 1.82) is 0 Å². The van der Waals surface area contributed by atoms with Crippen LogP contribution < -0.4 is 0 Å². The number of fused-ring (bicyclic) bond motifs is 2. The van der Waals surface area contributed by atoms with Crippen molar-refractivity contribution in [3.05, 3.63) is 23.9 Å². The van der Waals surface area contributed by atoms with Crippen LogP contribution in [0.3, 0.4) is 0 Å². The molecule has 1 saturated carbocycles. The van der Waals surface area contributed by atoms with E-state index in [9.17, 15) is 13.2 Å². The zero-order chi connectivity index (χ0) is 16.7. The summed E-state index contributed by atoms with van der Waals surface area (Å²) in [6.45, 7) is 1.19. The first-order valence-electron chi connectivity index (χ1n) is 8.84. The molecule has 130 valence electrons. The van der Waals surface area contributed by atoms with Crippen LogP contribution >= 0.6 is 0 Å². The molecule has 0 unspecified atom stereocenters. The lowest BCUT2D eigenvalue weighted by Crippen LogP contribution is -2.50. The third-order valence-electron chi connectivity index (χ3n) is 5.57. The van der Waals surface area contributed by atoms with Gasteiger partial charge in [-0.25, -0.2) is 8.42 Å². The van der Waals surface area contributed by atoms with Crippen LogP contribution in [0.25, 0.3) is 0 Å². The average molecular weight is 349 g/mol. The highest BCUT2D eigenvalue weighted by Gasteiger charge is 2.37. The molecule has 2 fully saturated rings. The van der Waals surface area contributed by atoms with Crippen molar-refractivity contribution in [2.45, 2.75) is 44.6 Å². The van der Waals surface area contributed by atoms with Crippen LogP contribution in [0.1, 0.15) is 38.5 Å². The molecule has 0 aromatic heterocycles. The summed E-state index contributed by atoms with van der Waals surface area (Å²) >= 11 is 0. The van der Waals surface area contributed by atoms with Crippen LogP contribution in [0.2, 0.25) is 0 Å². The van der Waals surface area contributed by atoms with E-state index in [1.807, 2.05) is 0 Å². The molecule has 0 radical (unpaired) electrons. The highest BCUT2D eigenvalue weighted by Crippen LogP contribution is 2.36. The Kier molecular flexibility index (Phi) is 3.98. The monoisotopic (exact) mass is 349 g/mol. The Bertz CT molecular complexity index is 736. The molecule has 0 aromatic carbocycles. The summed E-state index contributed by atoms with van der Waals surface area (Å²) in [6, 6.07) is 0.381. The Labute approximate surface area is 143 Å². The quantitative estimate of drug-likeness (QED) is 0.722. The van der Waals surface area contributed by atoms with Crippen LogP contribution in [0.5, 0.6) is 0 Å².